The van der Waals surface area contributed by atoms with Crippen molar-refractivity contribution in [2.75, 3.05) is 5.32 Å². The first-order chi connectivity index (χ1) is 9.72. The fraction of sp³-hybridized carbons (Fsp3) is 0. The Morgan fingerprint density at radius 2 is 1.85 bits per heavy atom. The summed E-state index contributed by atoms with van der Waals surface area (Å²) in [5.41, 5.74) is 1.32. The molecule has 98 valence electrons. The van der Waals surface area contributed by atoms with E-state index >= 15 is 0 Å². The van der Waals surface area contributed by atoms with E-state index in [1.807, 2.05) is 36.4 Å². The molecular weight excluding hydrogens is 316 g/mol. The van der Waals surface area contributed by atoms with E-state index in [4.69, 9.17) is 0 Å². The van der Waals surface area contributed by atoms with Crippen LogP contribution in [-0.4, -0.2) is 10.9 Å². The van der Waals surface area contributed by atoms with Gasteiger partial charge in [0.1, 0.15) is 0 Å². The topological polar surface area (TPSA) is 42.0 Å². The number of carbonyl (C=O) groups excluding carboxylic acids is 1. The van der Waals surface area contributed by atoms with Gasteiger partial charge in [-0.05, 0) is 47.2 Å². The molecule has 0 radical (unpaired) electrons. The van der Waals surface area contributed by atoms with Gasteiger partial charge in [0.05, 0.1) is 5.56 Å². The van der Waals surface area contributed by atoms with Gasteiger partial charge in [-0.15, -0.1) is 0 Å². The summed E-state index contributed by atoms with van der Waals surface area (Å²) in [5, 5.41) is 5.08. The molecule has 1 amide bonds. The summed E-state index contributed by atoms with van der Waals surface area (Å²) >= 11 is 3.45. The van der Waals surface area contributed by atoms with E-state index in [-0.39, 0.29) is 5.91 Å². The van der Waals surface area contributed by atoms with E-state index in [9.17, 15) is 4.79 Å². The van der Waals surface area contributed by atoms with Crippen LogP contribution in [0.2, 0.25) is 0 Å². The summed E-state index contributed by atoms with van der Waals surface area (Å²) in [6.45, 7) is 0. The number of amides is 1. The van der Waals surface area contributed by atoms with Gasteiger partial charge in [-0.1, -0.05) is 28.1 Å². The number of fused-ring (bicyclic) bond motifs is 1. The lowest BCUT2D eigenvalue weighted by molar-refractivity contribution is 0.102. The fourth-order valence-corrected chi connectivity index (χ4v) is 2.37. The Bertz CT molecular complexity index is 772. The molecule has 1 N–H and O–H groups in total. The Morgan fingerprint density at radius 3 is 2.65 bits per heavy atom. The second kappa shape index (κ2) is 5.43. The van der Waals surface area contributed by atoms with Crippen LogP contribution in [0.4, 0.5) is 5.69 Å². The summed E-state index contributed by atoms with van der Waals surface area (Å²) in [5.74, 6) is -0.158. The second-order valence-electron chi connectivity index (χ2n) is 4.40. The van der Waals surface area contributed by atoms with Crippen molar-refractivity contribution in [2.24, 2.45) is 0 Å². The predicted octanol–water partition coefficient (Wildman–Crippen LogP) is 4.25. The van der Waals surface area contributed by atoms with E-state index in [2.05, 4.69) is 26.2 Å². The summed E-state index contributed by atoms with van der Waals surface area (Å²) in [4.78, 5) is 16.0. The SMILES string of the molecule is O=C(Nc1ccc2cc(Br)ccc2c1)c1cccnc1. The largest absolute Gasteiger partial charge is 0.322 e. The summed E-state index contributed by atoms with van der Waals surface area (Å²) < 4.78 is 1.04. The third-order valence-electron chi connectivity index (χ3n) is 2.98. The van der Waals surface area contributed by atoms with Gasteiger partial charge in [-0.2, -0.15) is 0 Å². The Hall–Kier alpha value is -2.20. The number of aromatic nitrogens is 1. The average molecular weight is 327 g/mol. The minimum atomic E-state index is -0.158. The van der Waals surface area contributed by atoms with Gasteiger partial charge in [0.15, 0.2) is 0 Å². The standard InChI is InChI=1S/C16H11BrN2O/c17-14-5-3-12-9-15(6-4-11(12)8-14)19-16(20)13-2-1-7-18-10-13/h1-10H,(H,19,20). The molecule has 0 spiro atoms. The molecule has 0 aliphatic carbocycles. The maximum atomic E-state index is 12.0. The number of nitrogens with one attached hydrogen (secondary N) is 1. The van der Waals surface area contributed by atoms with E-state index in [0.717, 1.165) is 20.9 Å². The van der Waals surface area contributed by atoms with Gasteiger partial charge in [0.25, 0.3) is 5.91 Å². The monoisotopic (exact) mass is 326 g/mol. The molecule has 0 atom stereocenters. The highest BCUT2D eigenvalue weighted by atomic mass is 79.9. The first-order valence-corrected chi connectivity index (χ1v) is 6.92. The summed E-state index contributed by atoms with van der Waals surface area (Å²) in [6, 6.07) is 15.3. The molecule has 0 saturated heterocycles. The third kappa shape index (κ3) is 2.70. The lowest BCUT2D eigenvalue weighted by Crippen LogP contribution is -2.11. The molecule has 0 unspecified atom stereocenters. The normalized spacial score (nSPS) is 10.4. The van der Waals surface area contributed by atoms with Crippen molar-refractivity contribution in [2.45, 2.75) is 0 Å². The summed E-state index contributed by atoms with van der Waals surface area (Å²) in [7, 11) is 0. The number of halogens is 1. The van der Waals surface area contributed by atoms with Crippen molar-refractivity contribution in [1.29, 1.82) is 0 Å². The Morgan fingerprint density at radius 1 is 1.05 bits per heavy atom. The first kappa shape index (κ1) is 12.8. The van der Waals surface area contributed by atoms with Crippen LogP contribution >= 0.6 is 15.9 Å². The number of hydrogen-bond acceptors (Lipinski definition) is 2. The lowest BCUT2D eigenvalue weighted by Gasteiger charge is -2.06. The minimum Gasteiger partial charge on any atom is -0.322 e. The maximum absolute atomic E-state index is 12.0. The van der Waals surface area contributed by atoms with Gasteiger partial charge in [0.2, 0.25) is 0 Å². The molecule has 3 rings (SSSR count). The molecule has 1 heterocycles. The number of hydrogen-bond donors (Lipinski definition) is 1. The fourth-order valence-electron chi connectivity index (χ4n) is 1.99. The van der Waals surface area contributed by atoms with Gasteiger partial charge in [0, 0.05) is 22.6 Å². The molecule has 4 heteroatoms. The smallest absolute Gasteiger partial charge is 0.257 e. The zero-order valence-electron chi connectivity index (χ0n) is 10.5. The highest BCUT2D eigenvalue weighted by Crippen LogP contribution is 2.23. The minimum absolute atomic E-state index is 0.158. The van der Waals surface area contributed by atoms with Crippen molar-refractivity contribution in [3.63, 3.8) is 0 Å². The molecule has 0 saturated carbocycles. The van der Waals surface area contributed by atoms with Crippen molar-refractivity contribution in [3.05, 3.63) is 71.0 Å². The quantitative estimate of drug-likeness (QED) is 0.764. The van der Waals surface area contributed by atoms with Gasteiger partial charge in [-0.3, -0.25) is 9.78 Å². The number of pyridine rings is 1. The van der Waals surface area contributed by atoms with Crippen LogP contribution in [0.3, 0.4) is 0 Å². The van der Waals surface area contributed by atoms with Crippen LogP contribution in [-0.2, 0) is 0 Å². The van der Waals surface area contributed by atoms with E-state index < -0.39 is 0 Å². The van der Waals surface area contributed by atoms with Crippen molar-refractivity contribution in [3.8, 4) is 0 Å². The van der Waals surface area contributed by atoms with Crippen LogP contribution in [0.5, 0.6) is 0 Å². The van der Waals surface area contributed by atoms with Gasteiger partial charge >= 0.3 is 0 Å². The zero-order valence-corrected chi connectivity index (χ0v) is 12.1. The van der Waals surface area contributed by atoms with E-state index in [1.165, 1.54) is 0 Å². The molecule has 0 bridgehead atoms. The molecule has 2 aromatic carbocycles. The van der Waals surface area contributed by atoms with Crippen molar-refractivity contribution in [1.82, 2.24) is 4.98 Å². The second-order valence-corrected chi connectivity index (χ2v) is 5.32. The lowest BCUT2D eigenvalue weighted by atomic mass is 10.1. The van der Waals surface area contributed by atoms with Crippen LogP contribution in [0.1, 0.15) is 10.4 Å². The number of rotatable bonds is 2. The van der Waals surface area contributed by atoms with Crippen LogP contribution in [0, 0.1) is 0 Å². The first-order valence-electron chi connectivity index (χ1n) is 6.13. The Balaban J connectivity index is 1.88. The van der Waals surface area contributed by atoms with Crippen LogP contribution in [0.25, 0.3) is 10.8 Å². The number of carbonyl (C=O) groups is 1. The maximum Gasteiger partial charge on any atom is 0.257 e. The van der Waals surface area contributed by atoms with Crippen LogP contribution < -0.4 is 5.32 Å². The number of nitrogens with zero attached hydrogens (tertiary/aromatic N) is 1. The van der Waals surface area contributed by atoms with Gasteiger partial charge in [-0.25, -0.2) is 0 Å². The molecule has 0 aliphatic rings. The summed E-state index contributed by atoms with van der Waals surface area (Å²) in [6.07, 6.45) is 3.19. The number of benzene rings is 2. The molecule has 1 aromatic heterocycles. The Kier molecular flexibility index (Phi) is 3.48. The molecule has 0 fully saturated rings. The molecule has 3 nitrogen and oxygen atoms in total. The zero-order chi connectivity index (χ0) is 13.9. The van der Waals surface area contributed by atoms with Crippen molar-refractivity contribution >= 4 is 38.3 Å². The van der Waals surface area contributed by atoms with Gasteiger partial charge < -0.3 is 5.32 Å². The Labute approximate surface area is 124 Å². The molecule has 0 aliphatic heterocycles. The molecule has 20 heavy (non-hydrogen) atoms. The van der Waals surface area contributed by atoms with E-state index in [1.54, 1.807) is 24.5 Å². The molecule has 3 aromatic rings. The number of anilines is 1. The highest BCUT2D eigenvalue weighted by molar-refractivity contribution is 9.10. The van der Waals surface area contributed by atoms with Crippen LogP contribution in [0.15, 0.2) is 65.4 Å². The molecular formula is C16H11BrN2O. The average Bonchev–Trinajstić information content (AvgIpc) is 2.48. The van der Waals surface area contributed by atoms with Crippen molar-refractivity contribution < 1.29 is 4.79 Å². The third-order valence-corrected chi connectivity index (χ3v) is 3.48. The highest BCUT2D eigenvalue weighted by Gasteiger charge is 2.06. The predicted molar refractivity (Wildman–Crippen MR) is 83.8 cm³/mol. The van der Waals surface area contributed by atoms with E-state index in [0.29, 0.717) is 5.56 Å².